The molecule has 1 aliphatic rings. The lowest BCUT2D eigenvalue weighted by atomic mass is 10.1. The van der Waals surface area contributed by atoms with Crippen molar-refractivity contribution in [3.05, 3.63) is 24.3 Å². The van der Waals surface area contributed by atoms with E-state index in [1.807, 2.05) is 14.0 Å². The molecule has 0 aliphatic carbocycles. The van der Waals surface area contributed by atoms with Crippen LogP contribution < -0.4 is 15.0 Å². The van der Waals surface area contributed by atoms with E-state index in [-0.39, 0.29) is 0 Å². The van der Waals surface area contributed by atoms with Gasteiger partial charge in [0, 0.05) is 31.9 Å². The van der Waals surface area contributed by atoms with Gasteiger partial charge in [-0.1, -0.05) is 0 Å². The first-order chi connectivity index (χ1) is 9.24. The quantitative estimate of drug-likeness (QED) is 0.869. The Morgan fingerprint density at radius 2 is 2.00 bits per heavy atom. The number of anilines is 1. The highest BCUT2D eigenvalue weighted by Gasteiger charge is 2.24. The van der Waals surface area contributed by atoms with E-state index < -0.39 is 0 Å². The van der Waals surface area contributed by atoms with Gasteiger partial charge in [-0.3, -0.25) is 0 Å². The number of likely N-dealkylation sites (N-methyl/N-ethyl adjacent to an activating group) is 2. The molecular formula is C15H25N3O. The molecule has 1 unspecified atom stereocenters. The van der Waals surface area contributed by atoms with Gasteiger partial charge in [0.1, 0.15) is 5.75 Å². The van der Waals surface area contributed by atoms with E-state index in [0.29, 0.717) is 6.04 Å². The molecule has 4 nitrogen and oxygen atoms in total. The van der Waals surface area contributed by atoms with E-state index in [9.17, 15) is 0 Å². The average molecular weight is 263 g/mol. The number of hydrogen-bond donors (Lipinski definition) is 1. The van der Waals surface area contributed by atoms with Crippen molar-refractivity contribution in [1.29, 1.82) is 0 Å². The zero-order valence-corrected chi connectivity index (χ0v) is 12.2. The molecule has 19 heavy (non-hydrogen) atoms. The smallest absolute Gasteiger partial charge is 0.119 e. The summed E-state index contributed by atoms with van der Waals surface area (Å²) in [6, 6.07) is 8.99. The summed E-state index contributed by atoms with van der Waals surface area (Å²) in [5.41, 5.74) is 1.29. The number of benzene rings is 1. The Morgan fingerprint density at radius 3 is 2.63 bits per heavy atom. The van der Waals surface area contributed by atoms with E-state index in [1.54, 1.807) is 0 Å². The molecule has 0 radical (unpaired) electrons. The van der Waals surface area contributed by atoms with Gasteiger partial charge >= 0.3 is 0 Å². The lowest BCUT2D eigenvalue weighted by Crippen LogP contribution is -2.55. The van der Waals surface area contributed by atoms with Crippen molar-refractivity contribution < 1.29 is 4.74 Å². The first-order valence-electron chi connectivity index (χ1n) is 7.07. The molecule has 0 spiro atoms. The van der Waals surface area contributed by atoms with Gasteiger partial charge in [0.15, 0.2) is 0 Å². The molecular weight excluding hydrogens is 238 g/mol. The molecule has 1 aromatic rings. The fraction of sp³-hybridized carbons (Fsp3) is 0.600. The first-order valence-corrected chi connectivity index (χ1v) is 7.07. The van der Waals surface area contributed by atoms with Crippen molar-refractivity contribution in [2.45, 2.75) is 13.0 Å². The Bertz CT molecular complexity index is 379. The van der Waals surface area contributed by atoms with Crippen LogP contribution in [0.5, 0.6) is 5.75 Å². The van der Waals surface area contributed by atoms with Gasteiger partial charge in [0.2, 0.25) is 0 Å². The van der Waals surface area contributed by atoms with E-state index in [4.69, 9.17) is 4.74 Å². The summed E-state index contributed by atoms with van der Waals surface area (Å²) < 4.78 is 5.50. The minimum atomic E-state index is 0.529. The maximum atomic E-state index is 5.50. The van der Waals surface area contributed by atoms with Gasteiger partial charge in [-0.25, -0.2) is 0 Å². The number of rotatable bonds is 5. The molecule has 1 N–H and O–H groups in total. The largest absolute Gasteiger partial charge is 0.494 e. The maximum Gasteiger partial charge on any atom is 0.119 e. The second kappa shape index (κ2) is 6.78. The zero-order chi connectivity index (χ0) is 13.7. The molecule has 1 fully saturated rings. The molecule has 0 aromatic heterocycles. The van der Waals surface area contributed by atoms with Crippen molar-refractivity contribution in [1.82, 2.24) is 10.2 Å². The van der Waals surface area contributed by atoms with Crippen LogP contribution in [0, 0.1) is 0 Å². The monoisotopic (exact) mass is 263 g/mol. The van der Waals surface area contributed by atoms with Crippen LogP contribution in [0.3, 0.4) is 0 Å². The van der Waals surface area contributed by atoms with Gasteiger partial charge in [-0.05, 0) is 45.3 Å². The average Bonchev–Trinajstić information content (AvgIpc) is 2.41. The zero-order valence-electron chi connectivity index (χ0n) is 12.2. The molecule has 2 rings (SSSR count). The molecule has 106 valence electrons. The number of ether oxygens (including phenoxy) is 1. The van der Waals surface area contributed by atoms with E-state index in [2.05, 4.69) is 46.4 Å². The summed E-state index contributed by atoms with van der Waals surface area (Å²) in [5.74, 6) is 0.950. The molecule has 1 aromatic carbocycles. The molecule has 1 aliphatic heterocycles. The molecule has 1 heterocycles. The second-order valence-corrected chi connectivity index (χ2v) is 5.09. The third kappa shape index (κ3) is 3.61. The Hall–Kier alpha value is -1.26. The Labute approximate surface area is 116 Å². The minimum absolute atomic E-state index is 0.529. The highest BCUT2D eigenvalue weighted by Crippen LogP contribution is 2.23. The van der Waals surface area contributed by atoms with Gasteiger partial charge in [-0.15, -0.1) is 0 Å². The Morgan fingerprint density at radius 1 is 1.26 bits per heavy atom. The number of nitrogens with one attached hydrogen (secondary N) is 1. The molecule has 0 saturated carbocycles. The summed E-state index contributed by atoms with van der Waals surface area (Å²) in [6.07, 6.45) is 0. The summed E-state index contributed by atoms with van der Waals surface area (Å²) in [7, 11) is 4.21. The summed E-state index contributed by atoms with van der Waals surface area (Å²) in [5, 5.41) is 3.30. The molecule has 0 amide bonds. The van der Waals surface area contributed by atoms with Gasteiger partial charge < -0.3 is 19.9 Å². The van der Waals surface area contributed by atoms with Crippen molar-refractivity contribution in [2.75, 3.05) is 51.8 Å². The standard InChI is InChI=1S/C15H25N3O/c1-4-19-15-7-5-13(6-8-15)18-10-9-17(3)12-14(18)11-16-2/h5-8,14,16H,4,9-12H2,1-3H3. The van der Waals surface area contributed by atoms with Gasteiger partial charge in [0.05, 0.1) is 12.6 Å². The van der Waals surface area contributed by atoms with Gasteiger partial charge in [0.25, 0.3) is 0 Å². The highest BCUT2D eigenvalue weighted by atomic mass is 16.5. The summed E-state index contributed by atoms with van der Waals surface area (Å²) in [4.78, 5) is 4.89. The van der Waals surface area contributed by atoms with Crippen LogP contribution in [0.1, 0.15) is 6.92 Å². The van der Waals surface area contributed by atoms with Crippen molar-refractivity contribution in [3.8, 4) is 5.75 Å². The predicted octanol–water partition coefficient (Wildman–Crippen LogP) is 1.43. The number of hydrogen-bond acceptors (Lipinski definition) is 4. The topological polar surface area (TPSA) is 27.7 Å². The predicted molar refractivity (Wildman–Crippen MR) is 80.2 cm³/mol. The van der Waals surface area contributed by atoms with E-state index in [0.717, 1.165) is 38.5 Å². The van der Waals surface area contributed by atoms with Crippen molar-refractivity contribution in [3.63, 3.8) is 0 Å². The molecule has 0 bridgehead atoms. The Kier molecular flexibility index (Phi) is 5.05. The SMILES string of the molecule is CCOc1ccc(N2CCN(C)CC2CNC)cc1. The normalized spacial score (nSPS) is 20.6. The van der Waals surface area contributed by atoms with Crippen molar-refractivity contribution >= 4 is 5.69 Å². The maximum absolute atomic E-state index is 5.50. The van der Waals surface area contributed by atoms with Crippen LogP contribution in [0.2, 0.25) is 0 Å². The number of nitrogens with zero attached hydrogens (tertiary/aromatic N) is 2. The summed E-state index contributed by atoms with van der Waals surface area (Å²) in [6.45, 7) is 7.05. The Balaban J connectivity index is 2.09. The fourth-order valence-corrected chi connectivity index (χ4v) is 2.66. The lowest BCUT2D eigenvalue weighted by Gasteiger charge is -2.41. The third-order valence-electron chi connectivity index (χ3n) is 3.60. The highest BCUT2D eigenvalue weighted by molar-refractivity contribution is 5.50. The van der Waals surface area contributed by atoms with Crippen LogP contribution in [0.25, 0.3) is 0 Å². The van der Waals surface area contributed by atoms with Crippen molar-refractivity contribution in [2.24, 2.45) is 0 Å². The van der Waals surface area contributed by atoms with Crippen LogP contribution >= 0.6 is 0 Å². The van der Waals surface area contributed by atoms with Crippen LogP contribution in [-0.2, 0) is 0 Å². The van der Waals surface area contributed by atoms with Gasteiger partial charge in [-0.2, -0.15) is 0 Å². The number of piperazine rings is 1. The lowest BCUT2D eigenvalue weighted by molar-refractivity contribution is 0.265. The van der Waals surface area contributed by atoms with E-state index >= 15 is 0 Å². The van der Waals surface area contributed by atoms with E-state index in [1.165, 1.54) is 5.69 Å². The third-order valence-corrected chi connectivity index (χ3v) is 3.60. The molecule has 1 atom stereocenters. The first kappa shape index (κ1) is 14.2. The van der Waals surface area contributed by atoms with Crippen LogP contribution in [-0.4, -0.2) is 57.8 Å². The molecule has 1 saturated heterocycles. The minimum Gasteiger partial charge on any atom is -0.494 e. The fourth-order valence-electron chi connectivity index (χ4n) is 2.66. The van der Waals surface area contributed by atoms with Crippen LogP contribution in [0.4, 0.5) is 5.69 Å². The van der Waals surface area contributed by atoms with Crippen LogP contribution in [0.15, 0.2) is 24.3 Å². The second-order valence-electron chi connectivity index (χ2n) is 5.09. The summed E-state index contributed by atoms with van der Waals surface area (Å²) >= 11 is 0. The molecule has 4 heteroatoms.